The molecule has 8 nitrogen and oxygen atoms in total. The van der Waals surface area contributed by atoms with E-state index in [1.807, 2.05) is 72.8 Å². The lowest BCUT2D eigenvalue weighted by Crippen LogP contribution is -2.46. The molecule has 0 radical (unpaired) electrons. The van der Waals surface area contributed by atoms with Crippen molar-refractivity contribution in [2.75, 3.05) is 19.7 Å². The van der Waals surface area contributed by atoms with Gasteiger partial charge in [-0.2, -0.15) is 0 Å². The summed E-state index contributed by atoms with van der Waals surface area (Å²) in [7, 11) is -3.65. The number of nitrogens with one attached hydrogen (secondary N) is 1. The maximum atomic E-state index is 12.9. The van der Waals surface area contributed by atoms with Crippen LogP contribution in [0.25, 0.3) is 11.1 Å². The van der Waals surface area contributed by atoms with Crippen LogP contribution in [0.4, 0.5) is 0 Å². The molecule has 0 aliphatic carbocycles. The number of sulfonamides is 1. The van der Waals surface area contributed by atoms with Crippen molar-refractivity contribution < 1.29 is 28.1 Å². The van der Waals surface area contributed by atoms with E-state index in [2.05, 4.69) is 16.5 Å². The first-order valence-corrected chi connectivity index (χ1v) is 17.4. The molecule has 9 heteroatoms. The Morgan fingerprint density at radius 2 is 1.54 bits per heavy atom. The van der Waals surface area contributed by atoms with Gasteiger partial charge >= 0.3 is 0 Å². The molecule has 3 N–H and O–H groups in total. The number of likely N-dealkylation sites (tertiary alicyclic amines) is 1. The SMILES string of the molecule is CC1C(CN2CCCC2CO)OC(c2ccc(-c3ccccc3CNS(=O)(=O)c3ccccc3)cc2)OC1c1ccc(CO)cc1. The van der Waals surface area contributed by atoms with Crippen LogP contribution in [-0.2, 0) is 32.6 Å². The fourth-order valence-electron chi connectivity index (χ4n) is 6.53. The van der Waals surface area contributed by atoms with E-state index in [0.29, 0.717) is 6.54 Å². The first-order valence-electron chi connectivity index (χ1n) is 15.9. The van der Waals surface area contributed by atoms with Gasteiger partial charge in [-0.15, -0.1) is 0 Å². The van der Waals surface area contributed by atoms with E-state index < -0.39 is 16.3 Å². The van der Waals surface area contributed by atoms with Gasteiger partial charge in [0.05, 0.1) is 30.3 Å². The van der Waals surface area contributed by atoms with E-state index in [9.17, 15) is 18.6 Å². The first-order chi connectivity index (χ1) is 22.4. The highest BCUT2D eigenvalue weighted by molar-refractivity contribution is 7.89. The molecule has 2 fully saturated rings. The zero-order chi connectivity index (χ0) is 32.1. The molecule has 0 amide bonds. The number of hydrogen-bond donors (Lipinski definition) is 3. The smallest absolute Gasteiger partial charge is 0.240 e. The van der Waals surface area contributed by atoms with Crippen LogP contribution in [0, 0.1) is 5.92 Å². The first kappa shape index (κ1) is 32.5. The molecule has 46 heavy (non-hydrogen) atoms. The van der Waals surface area contributed by atoms with E-state index in [4.69, 9.17) is 9.47 Å². The predicted molar refractivity (Wildman–Crippen MR) is 177 cm³/mol. The minimum Gasteiger partial charge on any atom is -0.395 e. The molecule has 2 aliphatic heterocycles. The van der Waals surface area contributed by atoms with E-state index >= 15 is 0 Å². The molecule has 0 spiro atoms. The van der Waals surface area contributed by atoms with Gasteiger partial charge in [0.25, 0.3) is 0 Å². The highest BCUT2D eigenvalue weighted by Crippen LogP contribution is 2.42. The molecule has 5 unspecified atom stereocenters. The van der Waals surface area contributed by atoms with Crippen molar-refractivity contribution in [1.82, 2.24) is 9.62 Å². The van der Waals surface area contributed by atoms with E-state index in [1.54, 1.807) is 30.3 Å². The summed E-state index contributed by atoms with van der Waals surface area (Å²) < 4.78 is 41.8. The van der Waals surface area contributed by atoms with Crippen LogP contribution in [-0.4, -0.2) is 55.4 Å². The number of benzene rings is 4. The van der Waals surface area contributed by atoms with E-state index in [-0.39, 0.29) is 48.8 Å². The monoisotopic (exact) mass is 642 g/mol. The van der Waals surface area contributed by atoms with Crippen molar-refractivity contribution in [3.8, 4) is 11.1 Å². The Morgan fingerprint density at radius 3 is 2.26 bits per heavy atom. The Morgan fingerprint density at radius 1 is 0.848 bits per heavy atom. The third kappa shape index (κ3) is 7.26. The Hall–Kier alpha value is -3.41. The Bertz CT molecular complexity index is 1680. The van der Waals surface area contributed by atoms with Crippen LogP contribution in [0.5, 0.6) is 0 Å². The van der Waals surface area contributed by atoms with E-state index in [0.717, 1.165) is 52.8 Å². The summed E-state index contributed by atoms with van der Waals surface area (Å²) in [6.45, 7) is 4.09. The van der Waals surface area contributed by atoms with Crippen LogP contribution in [0.1, 0.15) is 54.4 Å². The van der Waals surface area contributed by atoms with Gasteiger partial charge in [0.1, 0.15) is 0 Å². The van der Waals surface area contributed by atoms with Gasteiger partial charge in [-0.25, -0.2) is 13.1 Å². The molecular formula is C37H42N2O6S. The maximum absolute atomic E-state index is 12.9. The maximum Gasteiger partial charge on any atom is 0.240 e. The van der Waals surface area contributed by atoms with Crippen molar-refractivity contribution in [2.45, 2.75) is 62.4 Å². The highest BCUT2D eigenvalue weighted by Gasteiger charge is 2.40. The van der Waals surface area contributed by atoms with Crippen LogP contribution in [0.2, 0.25) is 0 Å². The number of aliphatic hydroxyl groups excluding tert-OH is 2. The molecule has 5 atom stereocenters. The standard InChI is InChI=1S/C37H42N2O6S/c1-26-35(23-39-21-7-9-32(39)25-41)44-37(45-36(26)29-15-13-27(24-40)14-16-29)30-19-17-28(18-20-30)34-12-6-5-8-31(34)22-38-46(42,43)33-10-3-2-4-11-33/h2-6,8,10-20,26,32,35-38,40-41H,7,9,21-25H2,1H3. The number of nitrogens with zero attached hydrogens (tertiary/aromatic N) is 1. The summed E-state index contributed by atoms with van der Waals surface area (Å²) in [6, 6.07) is 32.3. The fourth-order valence-corrected chi connectivity index (χ4v) is 7.56. The minimum atomic E-state index is -3.65. The van der Waals surface area contributed by atoms with Gasteiger partial charge < -0.3 is 19.7 Å². The van der Waals surface area contributed by atoms with Gasteiger partial charge in [0, 0.05) is 30.6 Å². The Labute approximate surface area is 271 Å². The molecule has 4 aromatic carbocycles. The van der Waals surface area contributed by atoms with Gasteiger partial charge in [-0.3, -0.25) is 4.90 Å². The summed E-state index contributed by atoms with van der Waals surface area (Å²) in [5, 5.41) is 19.5. The van der Waals surface area contributed by atoms with Gasteiger partial charge in [0.15, 0.2) is 6.29 Å². The van der Waals surface area contributed by atoms with Gasteiger partial charge in [0.2, 0.25) is 10.0 Å². The zero-order valence-electron chi connectivity index (χ0n) is 26.0. The average molecular weight is 643 g/mol. The average Bonchev–Trinajstić information content (AvgIpc) is 3.56. The quantitative estimate of drug-likeness (QED) is 0.196. The molecule has 0 saturated carbocycles. The summed E-state index contributed by atoms with van der Waals surface area (Å²) in [5.41, 5.74) is 5.53. The molecule has 4 aromatic rings. The van der Waals surface area contributed by atoms with Gasteiger partial charge in [-0.05, 0) is 59.3 Å². The predicted octanol–water partition coefficient (Wildman–Crippen LogP) is 5.57. The summed E-state index contributed by atoms with van der Waals surface area (Å²) in [4.78, 5) is 2.57. The molecule has 0 aromatic heterocycles. The largest absolute Gasteiger partial charge is 0.395 e. The lowest BCUT2D eigenvalue weighted by atomic mass is 9.89. The number of hydrogen-bond acceptors (Lipinski definition) is 7. The molecule has 6 rings (SSSR count). The molecular weight excluding hydrogens is 600 g/mol. The van der Waals surface area contributed by atoms with Crippen LogP contribution in [0.3, 0.4) is 0 Å². The third-order valence-electron chi connectivity index (χ3n) is 9.27. The van der Waals surface area contributed by atoms with Crippen molar-refractivity contribution in [3.05, 3.63) is 125 Å². The summed E-state index contributed by atoms with van der Waals surface area (Å²) in [5.74, 6) is 0.0574. The minimum absolute atomic E-state index is 0.0123. The second kappa shape index (κ2) is 14.6. The third-order valence-corrected chi connectivity index (χ3v) is 10.7. The van der Waals surface area contributed by atoms with Crippen molar-refractivity contribution in [1.29, 1.82) is 0 Å². The second-order valence-electron chi connectivity index (χ2n) is 12.2. The highest BCUT2D eigenvalue weighted by atomic mass is 32.2. The number of rotatable bonds is 11. The van der Waals surface area contributed by atoms with Crippen LogP contribution in [0.15, 0.2) is 108 Å². The normalized spacial score (nSPS) is 23.8. The van der Waals surface area contributed by atoms with E-state index in [1.165, 1.54) is 0 Å². The Balaban J connectivity index is 1.23. The number of aliphatic hydroxyl groups is 2. The Kier molecular flexibility index (Phi) is 10.3. The van der Waals surface area contributed by atoms with Crippen molar-refractivity contribution in [3.63, 3.8) is 0 Å². The molecule has 2 saturated heterocycles. The van der Waals surface area contributed by atoms with Crippen LogP contribution < -0.4 is 4.72 Å². The van der Waals surface area contributed by atoms with Crippen molar-refractivity contribution >= 4 is 10.0 Å². The van der Waals surface area contributed by atoms with Crippen LogP contribution >= 0.6 is 0 Å². The van der Waals surface area contributed by atoms with Gasteiger partial charge in [-0.1, -0.05) is 97.9 Å². The topological polar surface area (TPSA) is 108 Å². The molecule has 242 valence electrons. The van der Waals surface area contributed by atoms with Crippen molar-refractivity contribution in [2.24, 2.45) is 5.92 Å². The number of ether oxygens (including phenoxy) is 2. The fraction of sp³-hybridized carbons (Fsp3) is 0.351. The lowest BCUT2D eigenvalue weighted by molar-refractivity contribution is -0.276. The summed E-state index contributed by atoms with van der Waals surface area (Å²) in [6.07, 6.45) is 1.12. The lowest BCUT2D eigenvalue weighted by Gasteiger charge is -2.43. The molecule has 2 heterocycles. The molecule has 0 bridgehead atoms. The summed E-state index contributed by atoms with van der Waals surface area (Å²) >= 11 is 0. The molecule has 2 aliphatic rings. The zero-order valence-corrected chi connectivity index (χ0v) is 26.9. The second-order valence-corrected chi connectivity index (χ2v) is 14.0.